The van der Waals surface area contributed by atoms with Gasteiger partial charge in [-0.05, 0) is 18.7 Å². The lowest BCUT2D eigenvalue weighted by Gasteiger charge is -2.14. The minimum Gasteiger partial charge on any atom is -0.504 e. The Bertz CT molecular complexity index is 328. The van der Waals surface area contributed by atoms with Crippen LogP contribution in [-0.4, -0.2) is 18.8 Å². The third kappa shape index (κ3) is 1.80. The van der Waals surface area contributed by atoms with Gasteiger partial charge in [-0.25, -0.2) is 4.39 Å². The molecule has 0 saturated heterocycles. The maximum atomic E-state index is 13.3. The lowest BCUT2D eigenvalue weighted by Crippen LogP contribution is -2.11. The molecule has 0 saturated carbocycles. The van der Waals surface area contributed by atoms with Gasteiger partial charge in [0, 0.05) is 11.5 Å². The van der Waals surface area contributed by atoms with Gasteiger partial charge in [-0.15, -0.1) is 0 Å². The van der Waals surface area contributed by atoms with Gasteiger partial charge >= 0.3 is 0 Å². The molecule has 1 rings (SSSR count). The first-order chi connectivity index (χ1) is 6.61. The molecular weight excluding hydrogens is 185 g/mol. The zero-order chi connectivity index (χ0) is 10.7. The first-order valence-corrected chi connectivity index (χ1v) is 4.37. The highest BCUT2D eigenvalue weighted by atomic mass is 19.1. The van der Waals surface area contributed by atoms with Crippen molar-refractivity contribution in [1.29, 1.82) is 0 Å². The van der Waals surface area contributed by atoms with E-state index in [4.69, 9.17) is 10.5 Å². The second kappa shape index (κ2) is 4.28. The monoisotopic (exact) mass is 199 g/mol. The topological polar surface area (TPSA) is 55.5 Å². The molecule has 0 heterocycles. The number of halogens is 1. The molecule has 0 bridgehead atoms. The zero-order valence-corrected chi connectivity index (χ0v) is 8.25. The van der Waals surface area contributed by atoms with Crippen molar-refractivity contribution < 1.29 is 14.2 Å². The number of nitrogens with two attached hydrogens (primary N) is 1. The summed E-state index contributed by atoms with van der Waals surface area (Å²) in [6.07, 6.45) is 0. The van der Waals surface area contributed by atoms with Crippen LogP contribution in [0.3, 0.4) is 0 Å². The smallest absolute Gasteiger partial charge is 0.164 e. The molecule has 3 N–H and O–H groups in total. The van der Waals surface area contributed by atoms with Gasteiger partial charge in [0.15, 0.2) is 11.5 Å². The van der Waals surface area contributed by atoms with Gasteiger partial charge in [0.1, 0.15) is 5.82 Å². The molecule has 4 heteroatoms. The lowest BCUT2D eigenvalue weighted by atomic mass is 9.99. The van der Waals surface area contributed by atoms with Gasteiger partial charge in [0.2, 0.25) is 0 Å². The lowest BCUT2D eigenvalue weighted by molar-refractivity contribution is 0.365. The average molecular weight is 199 g/mol. The molecule has 0 aliphatic heterocycles. The number of rotatable bonds is 3. The molecule has 14 heavy (non-hydrogen) atoms. The third-order valence-electron chi connectivity index (χ3n) is 2.19. The standard InChI is InChI=1S/C10H14FNO2/c1-6(5-12)9-7(11)3-4-8(14-2)10(9)13/h3-4,6,13H,5,12H2,1-2H3. The van der Waals surface area contributed by atoms with E-state index in [-0.39, 0.29) is 29.5 Å². The van der Waals surface area contributed by atoms with Gasteiger partial charge in [0.05, 0.1) is 7.11 Å². The fourth-order valence-corrected chi connectivity index (χ4v) is 1.31. The van der Waals surface area contributed by atoms with E-state index < -0.39 is 5.82 Å². The van der Waals surface area contributed by atoms with E-state index >= 15 is 0 Å². The summed E-state index contributed by atoms with van der Waals surface area (Å²) in [5.41, 5.74) is 5.63. The molecule has 0 aromatic heterocycles. The second-order valence-corrected chi connectivity index (χ2v) is 3.15. The van der Waals surface area contributed by atoms with Crippen LogP contribution in [0.2, 0.25) is 0 Å². The van der Waals surface area contributed by atoms with Crippen LogP contribution >= 0.6 is 0 Å². The Morgan fingerprint density at radius 1 is 1.57 bits per heavy atom. The number of benzene rings is 1. The minimum atomic E-state index is -0.457. The summed E-state index contributed by atoms with van der Waals surface area (Å²) in [5, 5.41) is 9.65. The SMILES string of the molecule is COc1ccc(F)c(C(C)CN)c1O. The van der Waals surface area contributed by atoms with Gasteiger partial charge in [-0.1, -0.05) is 6.92 Å². The molecule has 0 radical (unpaired) electrons. The minimum absolute atomic E-state index is 0.162. The molecule has 0 amide bonds. The Morgan fingerprint density at radius 2 is 2.21 bits per heavy atom. The van der Waals surface area contributed by atoms with E-state index in [1.807, 2.05) is 0 Å². The molecule has 1 aromatic carbocycles. The maximum Gasteiger partial charge on any atom is 0.164 e. The molecular formula is C10H14FNO2. The van der Waals surface area contributed by atoms with E-state index in [0.717, 1.165) is 0 Å². The van der Waals surface area contributed by atoms with Crippen LogP contribution in [0.15, 0.2) is 12.1 Å². The fourth-order valence-electron chi connectivity index (χ4n) is 1.31. The van der Waals surface area contributed by atoms with Crippen LogP contribution in [0.1, 0.15) is 18.4 Å². The molecule has 0 fully saturated rings. The van der Waals surface area contributed by atoms with Gasteiger partial charge in [-0.2, -0.15) is 0 Å². The molecule has 1 unspecified atom stereocenters. The highest BCUT2D eigenvalue weighted by molar-refractivity contribution is 5.47. The number of phenols is 1. The Balaban J connectivity index is 3.25. The number of methoxy groups -OCH3 is 1. The highest BCUT2D eigenvalue weighted by Crippen LogP contribution is 2.35. The predicted octanol–water partition coefficient (Wildman–Crippen LogP) is 1.60. The maximum absolute atomic E-state index is 13.3. The molecule has 1 aromatic rings. The van der Waals surface area contributed by atoms with Crippen LogP contribution in [0.25, 0.3) is 0 Å². The average Bonchev–Trinajstić information content (AvgIpc) is 2.18. The van der Waals surface area contributed by atoms with Crippen LogP contribution in [-0.2, 0) is 0 Å². The molecule has 1 atom stereocenters. The van der Waals surface area contributed by atoms with Crippen molar-refractivity contribution in [3.63, 3.8) is 0 Å². The number of hydrogen-bond acceptors (Lipinski definition) is 3. The summed E-state index contributed by atoms with van der Waals surface area (Å²) in [4.78, 5) is 0. The van der Waals surface area contributed by atoms with E-state index in [1.54, 1.807) is 6.92 Å². The van der Waals surface area contributed by atoms with Crippen LogP contribution in [0, 0.1) is 5.82 Å². The van der Waals surface area contributed by atoms with Crippen LogP contribution in [0.5, 0.6) is 11.5 Å². The van der Waals surface area contributed by atoms with Gasteiger partial charge in [0.25, 0.3) is 0 Å². The first kappa shape index (κ1) is 10.8. The van der Waals surface area contributed by atoms with Crippen molar-refractivity contribution in [2.45, 2.75) is 12.8 Å². The molecule has 0 aliphatic rings. The first-order valence-electron chi connectivity index (χ1n) is 4.37. The third-order valence-corrected chi connectivity index (χ3v) is 2.19. The predicted molar refractivity (Wildman–Crippen MR) is 52.1 cm³/mol. The molecule has 78 valence electrons. The molecule has 0 aliphatic carbocycles. The Kier molecular flexibility index (Phi) is 3.30. The highest BCUT2D eigenvalue weighted by Gasteiger charge is 2.17. The van der Waals surface area contributed by atoms with Crippen molar-refractivity contribution in [3.8, 4) is 11.5 Å². The van der Waals surface area contributed by atoms with E-state index in [9.17, 15) is 9.50 Å². The van der Waals surface area contributed by atoms with Crippen molar-refractivity contribution in [2.75, 3.05) is 13.7 Å². The fraction of sp³-hybridized carbons (Fsp3) is 0.400. The normalized spacial score (nSPS) is 12.6. The zero-order valence-electron chi connectivity index (χ0n) is 8.25. The van der Waals surface area contributed by atoms with E-state index in [2.05, 4.69) is 0 Å². The van der Waals surface area contributed by atoms with Crippen molar-refractivity contribution in [1.82, 2.24) is 0 Å². The van der Waals surface area contributed by atoms with Crippen LogP contribution in [0.4, 0.5) is 4.39 Å². The second-order valence-electron chi connectivity index (χ2n) is 3.15. The van der Waals surface area contributed by atoms with E-state index in [0.29, 0.717) is 0 Å². The summed E-state index contributed by atoms with van der Waals surface area (Å²) in [7, 11) is 1.42. The summed E-state index contributed by atoms with van der Waals surface area (Å²) < 4.78 is 18.2. The Morgan fingerprint density at radius 3 is 2.71 bits per heavy atom. The number of aromatic hydroxyl groups is 1. The largest absolute Gasteiger partial charge is 0.504 e. The molecule has 3 nitrogen and oxygen atoms in total. The summed E-state index contributed by atoms with van der Waals surface area (Å²) in [6.45, 7) is 2.02. The van der Waals surface area contributed by atoms with Crippen LogP contribution < -0.4 is 10.5 Å². The molecule has 0 spiro atoms. The van der Waals surface area contributed by atoms with Crippen molar-refractivity contribution in [3.05, 3.63) is 23.5 Å². The summed E-state index contributed by atoms with van der Waals surface area (Å²) in [6, 6.07) is 2.65. The van der Waals surface area contributed by atoms with Gasteiger partial charge in [-0.3, -0.25) is 0 Å². The van der Waals surface area contributed by atoms with E-state index in [1.165, 1.54) is 19.2 Å². The van der Waals surface area contributed by atoms with Crippen molar-refractivity contribution >= 4 is 0 Å². The Hall–Kier alpha value is -1.29. The number of hydrogen-bond donors (Lipinski definition) is 2. The quantitative estimate of drug-likeness (QED) is 0.777. The Labute approximate surface area is 82.3 Å². The number of phenolic OH excluding ortho intramolecular Hbond substituents is 1. The van der Waals surface area contributed by atoms with Crippen molar-refractivity contribution in [2.24, 2.45) is 5.73 Å². The van der Waals surface area contributed by atoms with Gasteiger partial charge < -0.3 is 15.6 Å². The number of ether oxygens (including phenoxy) is 1. The summed E-state index contributed by atoms with van der Waals surface area (Å²) >= 11 is 0. The summed E-state index contributed by atoms with van der Waals surface area (Å²) in [5.74, 6) is -0.585.